The number of amides is 1. The third kappa shape index (κ3) is 7.45. The lowest BCUT2D eigenvalue weighted by atomic mass is 9.72. The number of carbonyl (C=O) groups excluding carboxylic acids is 1. The maximum Gasteiger partial charge on any atom is 0.422 e. The number of sulfone groups is 1. The van der Waals surface area contributed by atoms with Crippen LogP contribution in [0.3, 0.4) is 0 Å². The summed E-state index contributed by atoms with van der Waals surface area (Å²) in [6.45, 7) is 8.31. The number of anilines is 1. The highest BCUT2D eigenvalue weighted by atomic mass is 79.9. The maximum atomic E-state index is 13.3. The number of ether oxygens (including phenoxy) is 3. The number of alkyl halides is 3. The number of piperidine rings is 1. The number of benzene rings is 1. The summed E-state index contributed by atoms with van der Waals surface area (Å²) in [5.74, 6) is 0.443. The molecule has 244 valence electrons. The normalized spacial score (nSPS) is 20.5. The predicted molar refractivity (Wildman–Crippen MR) is 162 cm³/mol. The van der Waals surface area contributed by atoms with Crippen LogP contribution in [-0.4, -0.2) is 91.6 Å². The van der Waals surface area contributed by atoms with Crippen LogP contribution in [0.5, 0.6) is 11.8 Å². The van der Waals surface area contributed by atoms with Crippen LogP contribution >= 0.6 is 15.9 Å². The monoisotopic (exact) mass is 706 g/mol. The van der Waals surface area contributed by atoms with Crippen molar-refractivity contribution < 1.29 is 40.6 Å². The molecule has 0 bridgehead atoms. The van der Waals surface area contributed by atoms with Gasteiger partial charge in [-0.05, 0) is 80.4 Å². The second kappa shape index (κ2) is 12.0. The highest BCUT2D eigenvalue weighted by Crippen LogP contribution is 2.45. The molecule has 1 amide bonds. The van der Waals surface area contributed by atoms with Gasteiger partial charge in [0, 0.05) is 37.0 Å². The summed E-state index contributed by atoms with van der Waals surface area (Å²) in [7, 11) is -3.13. The van der Waals surface area contributed by atoms with Crippen molar-refractivity contribution >= 4 is 48.6 Å². The van der Waals surface area contributed by atoms with Crippen LogP contribution in [0.2, 0.25) is 0 Å². The lowest BCUT2D eigenvalue weighted by molar-refractivity contribution is -0.153. The molecule has 15 heteroatoms. The molecule has 10 nitrogen and oxygen atoms in total. The molecular formula is C29H38BrF3N4O6S. The van der Waals surface area contributed by atoms with E-state index in [0.29, 0.717) is 48.3 Å². The van der Waals surface area contributed by atoms with Crippen LogP contribution in [0, 0.1) is 5.41 Å². The lowest BCUT2D eigenvalue weighted by Crippen LogP contribution is -2.62. The van der Waals surface area contributed by atoms with Crippen molar-refractivity contribution in [2.24, 2.45) is 5.41 Å². The van der Waals surface area contributed by atoms with Gasteiger partial charge in [-0.3, -0.25) is 0 Å². The van der Waals surface area contributed by atoms with E-state index in [0.717, 1.165) is 18.4 Å². The van der Waals surface area contributed by atoms with Crippen molar-refractivity contribution in [3.05, 3.63) is 16.1 Å². The first kappa shape index (κ1) is 32.8. The van der Waals surface area contributed by atoms with Gasteiger partial charge in [0.25, 0.3) is 0 Å². The van der Waals surface area contributed by atoms with Gasteiger partial charge in [-0.1, -0.05) is 6.92 Å². The van der Waals surface area contributed by atoms with Gasteiger partial charge in [0.05, 0.1) is 16.0 Å². The fourth-order valence-electron chi connectivity index (χ4n) is 5.93. The number of halogens is 4. The Bertz CT molecular complexity index is 1500. The van der Waals surface area contributed by atoms with Gasteiger partial charge >= 0.3 is 18.3 Å². The SMILES string of the molecule is CCc1cc2c(N3CCC4(CC3)CN(C(=O)OC(C)(C)C)C4)nc(OC3CCS(=O)(=O)CC3)nc2c(OCC(F)(F)F)c1Br. The van der Waals surface area contributed by atoms with Crippen molar-refractivity contribution in [1.82, 2.24) is 14.9 Å². The smallest absolute Gasteiger partial charge is 0.422 e. The molecule has 3 aliphatic heterocycles. The minimum Gasteiger partial charge on any atom is -0.481 e. The first-order valence-electron chi connectivity index (χ1n) is 14.8. The number of nitrogens with zero attached hydrogens (tertiary/aromatic N) is 4. The van der Waals surface area contributed by atoms with E-state index in [-0.39, 0.29) is 53.1 Å². The van der Waals surface area contributed by atoms with Crippen molar-refractivity contribution in [3.63, 3.8) is 0 Å². The molecule has 3 saturated heterocycles. The van der Waals surface area contributed by atoms with Crippen molar-refractivity contribution in [3.8, 4) is 11.8 Å². The third-order valence-electron chi connectivity index (χ3n) is 8.28. The van der Waals surface area contributed by atoms with Gasteiger partial charge < -0.3 is 24.0 Å². The molecular weight excluding hydrogens is 669 g/mol. The fourth-order valence-corrected chi connectivity index (χ4v) is 8.08. The molecule has 0 atom stereocenters. The molecule has 3 fully saturated rings. The third-order valence-corrected chi connectivity index (χ3v) is 10.9. The average Bonchev–Trinajstić information content (AvgIpc) is 2.90. The molecule has 0 saturated carbocycles. The van der Waals surface area contributed by atoms with Crippen LogP contribution < -0.4 is 14.4 Å². The standard InChI is InChI=1S/C29H38BrF3N4O6S/c1-5-18-14-20-22(23(21(18)30)41-17-29(31,32)33)34-25(42-19-6-12-44(39,40)13-7-19)35-24(20)36-10-8-28(9-11-36)15-37(16-28)26(38)43-27(2,3)4/h14,19H,5-13,15-17H2,1-4H3. The molecule has 0 radical (unpaired) electrons. The number of fused-ring (bicyclic) bond motifs is 1. The zero-order chi connectivity index (χ0) is 32.1. The topological polar surface area (TPSA) is 111 Å². The molecule has 44 heavy (non-hydrogen) atoms. The Hall–Kier alpha value is -2.55. The van der Waals surface area contributed by atoms with E-state index in [1.165, 1.54) is 0 Å². The van der Waals surface area contributed by atoms with Crippen molar-refractivity contribution in [2.75, 3.05) is 49.2 Å². The predicted octanol–water partition coefficient (Wildman–Crippen LogP) is 5.69. The van der Waals surface area contributed by atoms with Crippen molar-refractivity contribution in [1.29, 1.82) is 0 Å². The van der Waals surface area contributed by atoms with Crippen LogP contribution in [0.25, 0.3) is 10.9 Å². The van der Waals surface area contributed by atoms with Crippen LogP contribution in [0.1, 0.15) is 58.9 Å². The number of hydrogen-bond donors (Lipinski definition) is 0. The van der Waals surface area contributed by atoms with Gasteiger partial charge in [-0.15, -0.1) is 0 Å². The molecule has 2 aromatic rings. The maximum absolute atomic E-state index is 13.3. The second-order valence-corrected chi connectivity index (χ2v) is 16.1. The lowest BCUT2D eigenvalue weighted by Gasteiger charge is -2.53. The Morgan fingerprint density at radius 3 is 2.32 bits per heavy atom. The Labute approximate surface area is 263 Å². The highest BCUT2D eigenvalue weighted by molar-refractivity contribution is 9.10. The molecule has 4 heterocycles. The Morgan fingerprint density at radius 1 is 1.11 bits per heavy atom. The largest absolute Gasteiger partial charge is 0.481 e. The van der Waals surface area contributed by atoms with E-state index < -0.39 is 34.3 Å². The molecule has 1 spiro atoms. The summed E-state index contributed by atoms with van der Waals surface area (Å²) >= 11 is 3.44. The number of aromatic nitrogens is 2. The van der Waals surface area contributed by atoms with Gasteiger partial charge in [-0.2, -0.15) is 23.1 Å². The first-order chi connectivity index (χ1) is 20.5. The zero-order valence-electron chi connectivity index (χ0n) is 25.3. The van der Waals surface area contributed by atoms with Gasteiger partial charge in [0.15, 0.2) is 22.2 Å². The molecule has 0 N–H and O–H groups in total. The summed E-state index contributed by atoms with van der Waals surface area (Å²) in [5.41, 5.74) is 0.313. The first-order valence-corrected chi connectivity index (χ1v) is 17.4. The van der Waals surface area contributed by atoms with E-state index in [9.17, 15) is 26.4 Å². The average molecular weight is 708 g/mol. The van der Waals surface area contributed by atoms with E-state index in [1.54, 1.807) is 4.90 Å². The number of carbonyl (C=O) groups is 1. The summed E-state index contributed by atoms with van der Waals surface area (Å²) in [6, 6.07) is 1.83. The molecule has 0 unspecified atom stereocenters. The Morgan fingerprint density at radius 2 is 1.75 bits per heavy atom. The molecule has 1 aromatic heterocycles. The summed E-state index contributed by atoms with van der Waals surface area (Å²) in [5, 5.41) is 0.542. The zero-order valence-corrected chi connectivity index (χ0v) is 27.7. The van der Waals surface area contributed by atoms with E-state index >= 15 is 0 Å². The van der Waals surface area contributed by atoms with Gasteiger partial charge in [0.1, 0.15) is 23.0 Å². The Balaban J connectivity index is 1.45. The molecule has 5 rings (SSSR count). The molecule has 0 aliphatic carbocycles. The minimum absolute atomic E-state index is 0.0159. The quantitative estimate of drug-likeness (QED) is 0.374. The van der Waals surface area contributed by atoms with Crippen molar-refractivity contribution in [2.45, 2.75) is 77.7 Å². The minimum atomic E-state index is -4.56. The number of aryl methyl sites for hydroxylation is 1. The van der Waals surface area contributed by atoms with Gasteiger partial charge in [0.2, 0.25) is 0 Å². The molecule has 3 aliphatic rings. The fraction of sp³-hybridized carbons (Fsp3) is 0.690. The van der Waals surface area contributed by atoms with E-state index in [4.69, 9.17) is 19.2 Å². The number of rotatable bonds is 6. The van der Waals surface area contributed by atoms with Crippen LogP contribution in [0.4, 0.5) is 23.8 Å². The number of likely N-dealkylation sites (tertiary alicyclic amines) is 1. The van der Waals surface area contributed by atoms with Gasteiger partial charge in [-0.25, -0.2) is 13.2 Å². The molecule has 1 aromatic carbocycles. The van der Waals surface area contributed by atoms with E-state index in [2.05, 4.69) is 25.8 Å². The van der Waals surface area contributed by atoms with Crippen LogP contribution in [-0.2, 0) is 21.0 Å². The summed E-state index contributed by atoms with van der Waals surface area (Å²) in [6.07, 6.45) is -2.70. The second-order valence-electron chi connectivity index (χ2n) is 13.0. The highest BCUT2D eigenvalue weighted by Gasteiger charge is 2.48. The summed E-state index contributed by atoms with van der Waals surface area (Å²) < 4.78 is 81.0. The Kier molecular flexibility index (Phi) is 8.95. The van der Waals surface area contributed by atoms with E-state index in [1.807, 2.05) is 33.8 Å². The van der Waals surface area contributed by atoms with Crippen LogP contribution in [0.15, 0.2) is 10.5 Å². The number of hydrogen-bond acceptors (Lipinski definition) is 9. The summed E-state index contributed by atoms with van der Waals surface area (Å²) in [4.78, 5) is 25.6.